The monoisotopic (exact) mass is 286 g/mol. The van der Waals surface area contributed by atoms with Gasteiger partial charge in [-0.05, 0) is 38.9 Å². The summed E-state index contributed by atoms with van der Waals surface area (Å²) in [7, 11) is 0. The third kappa shape index (κ3) is 2.67. The molecule has 1 aliphatic rings. The van der Waals surface area contributed by atoms with Crippen molar-refractivity contribution < 1.29 is 4.92 Å². The Morgan fingerprint density at radius 2 is 2.24 bits per heavy atom. The largest absolute Gasteiger partial charge is 0.378 e. The molecule has 6 nitrogen and oxygen atoms in total. The number of nitro benzene ring substituents is 1. The molecule has 0 amide bonds. The number of nitro groups is 1. The maximum atomic E-state index is 11.0. The minimum atomic E-state index is -0.373. The SMILES string of the molecule is Cc1cc(NC2(C)CCNC2)c2cc([N+](=O)[O-])ccc2n1. The zero-order valence-electron chi connectivity index (χ0n) is 12.1. The zero-order valence-corrected chi connectivity index (χ0v) is 12.1. The molecule has 1 unspecified atom stereocenters. The fourth-order valence-electron chi connectivity index (χ4n) is 2.81. The van der Waals surface area contributed by atoms with E-state index < -0.39 is 0 Å². The number of pyridine rings is 1. The fraction of sp³-hybridized carbons (Fsp3) is 0.400. The minimum absolute atomic E-state index is 0.0364. The number of benzene rings is 1. The second-order valence-electron chi connectivity index (χ2n) is 5.88. The number of fused-ring (bicyclic) bond motifs is 1. The van der Waals surface area contributed by atoms with Gasteiger partial charge in [-0.2, -0.15) is 0 Å². The number of aryl methyl sites for hydroxylation is 1. The van der Waals surface area contributed by atoms with Crippen molar-refractivity contribution in [3.05, 3.63) is 40.1 Å². The number of nitrogens with one attached hydrogen (secondary N) is 2. The molecule has 1 saturated heterocycles. The molecule has 3 rings (SSSR count). The van der Waals surface area contributed by atoms with Crippen molar-refractivity contribution in [1.82, 2.24) is 10.3 Å². The van der Waals surface area contributed by atoms with Crippen LogP contribution in [0.25, 0.3) is 10.9 Å². The van der Waals surface area contributed by atoms with Crippen LogP contribution in [0.1, 0.15) is 19.0 Å². The predicted octanol–water partition coefficient (Wildman–Crippen LogP) is 2.62. The number of anilines is 1. The van der Waals surface area contributed by atoms with E-state index >= 15 is 0 Å². The van der Waals surface area contributed by atoms with Crippen LogP contribution in [0.4, 0.5) is 11.4 Å². The highest BCUT2D eigenvalue weighted by molar-refractivity contribution is 5.93. The zero-order chi connectivity index (χ0) is 15.0. The van der Waals surface area contributed by atoms with Gasteiger partial charge in [-0.15, -0.1) is 0 Å². The highest BCUT2D eigenvalue weighted by atomic mass is 16.6. The Labute approximate surface area is 122 Å². The molecule has 1 aromatic carbocycles. The molecule has 21 heavy (non-hydrogen) atoms. The van der Waals surface area contributed by atoms with E-state index in [1.54, 1.807) is 12.1 Å². The maximum absolute atomic E-state index is 11.0. The Balaban J connectivity index is 2.10. The third-order valence-electron chi connectivity index (χ3n) is 3.94. The molecule has 1 atom stereocenters. The number of nitrogens with zero attached hydrogens (tertiary/aromatic N) is 2. The first kappa shape index (κ1) is 13.8. The van der Waals surface area contributed by atoms with E-state index in [0.29, 0.717) is 0 Å². The van der Waals surface area contributed by atoms with E-state index in [9.17, 15) is 10.1 Å². The smallest absolute Gasteiger partial charge is 0.270 e. The van der Waals surface area contributed by atoms with Gasteiger partial charge in [-0.3, -0.25) is 15.1 Å². The van der Waals surface area contributed by atoms with Gasteiger partial charge in [0.05, 0.1) is 10.4 Å². The molecule has 1 aliphatic heterocycles. The van der Waals surface area contributed by atoms with Crippen LogP contribution in [-0.4, -0.2) is 28.5 Å². The van der Waals surface area contributed by atoms with E-state index in [2.05, 4.69) is 22.5 Å². The summed E-state index contributed by atoms with van der Waals surface area (Å²) in [5.74, 6) is 0. The normalized spacial score (nSPS) is 21.6. The molecule has 1 fully saturated rings. The van der Waals surface area contributed by atoms with Gasteiger partial charge in [0.25, 0.3) is 5.69 Å². The topological polar surface area (TPSA) is 80.1 Å². The van der Waals surface area contributed by atoms with Crippen LogP contribution in [0.2, 0.25) is 0 Å². The van der Waals surface area contributed by atoms with E-state index in [1.165, 1.54) is 6.07 Å². The van der Waals surface area contributed by atoms with Gasteiger partial charge in [-0.25, -0.2) is 0 Å². The molecule has 0 radical (unpaired) electrons. The van der Waals surface area contributed by atoms with E-state index in [4.69, 9.17) is 0 Å². The van der Waals surface area contributed by atoms with Gasteiger partial charge in [0.2, 0.25) is 0 Å². The Bertz CT molecular complexity index is 708. The molecule has 110 valence electrons. The summed E-state index contributed by atoms with van der Waals surface area (Å²) in [6, 6.07) is 6.75. The number of aromatic nitrogens is 1. The Morgan fingerprint density at radius 3 is 2.90 bits per heavy atom. The fourth-order valence-corrected chi connectivity index (χ4v) is 2.81. The average Bonchev–Trinajstić information content (AvgIpc) is 2.84. The molecule has 0 saturated carbocycles. The molecule has 2 aromatic rings. The van der Waals surface area contributed by atoms with Crippen LogP contribution in [0.5, 0.6) is 0 Å². The Morgan fingerprint density at radius 1 is 1.43 bits per heavy atom. The van der Waals surface area contributed by atoms with Crippen LogP contribution in [0, 0.1) is 17.0 Å². The Hall–Kier alpha value is -2.21. The number of hydrogen-bond acceptors (Lipinski definition) is 5. The van der Waals surface area contributed by atoms with E-state index in [1.807, 2.05) is 13.0 Å². The van der Waals surface area contributed by atoms with Gasteiger partial charge in [-0.1, -0.05) is 0 Å². The molecular formula is C15H18N4O2. The lowest BCUT2D eigenvalue weighted by Gasteiger charge is -2.27. The number of rotatable bonds is 3. The van der Waals surface area contributed by atoms with Gasteiger partial charge < -0.3 is 10.6 Å². The van der Waals surface area contributed by atoms with Crippen molar-refractivity contribution >= 4 is 22.3 Å². The molecule has 0 aliphatic carbocycles. The van der Waals surface area contributed by atoms with Crippen molar-refractivity contribution in [1.29, 1.82) is 0 Å². The second kappa shape index (κ2) is 4.96. The molecule has 6 heteroatoms. The first-order valence-electron chi connectivity index (χ1n) is 7.02. The maximum Gasteiger partial charge on any atom is 0.270 e. The number of hydrogen-bond donors (Lipinski definition) is 2. The quantitative estimate of drug-likeness (QED) is 0.669. The van der Waals surface area contributed by atoms with Gasteiger partial charge in [0, 0.05) is 41.0 Å². The summed E-state index contributed by atoms with van der Waals surface area (Å²) >= 11 is 0. The molecule has 2 N–H and O–H groups in total. The number of non-ortho nitro benzene ring substituents is 1. The van der Waals surface area contributed by atoms with Crippen LogP contribution in [0.3, 0.4) is 0 Å². The van der Waals surface area contributed by atoms with Crippen LogP contribution < -0.4 is 10.6 Å². The molecule has 0 spiro atoms. The first-order valence-corrected chi connectivity index (χ1v) is 7.02. The van der Waals surface area contributed by atoms with Crippen molar-refractivity contribution in [3.63, 3.8) is 0 Å². The highest BCUT2D eigenvalue weighted by Crippen LogP contribution is 2.30. The summed E-state index contributed by atoms with van der Waals surface area (Å²) < 4.78 is 0. The van der Waals surface area contributed by atoms with Gasteiger partial charge >= 0.3 is 0 Å². The summed E-state index contributed by atoms with van der Waals surface area (Å²) in [6.07, 6.45) is 1.02. The van der Waals surface area contributed by atoms with Crippen LogP contribution in [0.15, 0.2) is 24.3 Å². The third-order valence-corrected chi connectivity index (χ3v) is 3.94. The van der Waals surface area contributed by atoms with Crippen LogP contribution >= 0.6 is 0 Å². The first-order chi connectivity index (χ1) is 9.97. The van der Waals surface area contributed by atoms with Crippen molar-refractivity contribution in [2.45, 2.75) is 25.8 Å². The lowest BCUT2D eigenvalue weighted by Crippen LogP contribution is -2.36. The predicted molar refractivity (Wildman–Crippen MR) is 82.6 cm³/mol. The molecule has 0 bridgehead atoms. The Kier molecular flexibility index (Phi) is 3.25. The molecular weight excluding hydrogens is 268 g/mol. The van der Waals surface area contributed by atoms with E-state index in [-0.39, 0.29) is 16.1 Å². The summed E-state index contributed by atoms with van der Waals surface area (Å²) in [6.45, 7) is 5.95. The van der Waals surface area contributed by atoms with Crippen molar-refractivity contribution in [2.75, 3.05) is 18.4 Å². The standard InChI is InChI=1S/C15H18N4O2/c1-10-7-14(18-15(2)5-6-16-9-15)12-8-11(19(20)21)3-4-13(12)17-10/h3-4,7-8,16H,5-6,9H2,1-2H3,(H,17,18). The van der Waals surface area contributed by atoms with Crippen molar-refractivity contribution in [3.8, 4) is 0 Å². The highest BCUT2D eigenvalue weighted by Gasteiger charge is 2.28. The second-order valence-corrected chi connectivity index (χ2v) is 5.88. The summed E-state index contributed by atoms with van der Waals surface area (Å²) in [5, 5.41) is 18.7. The van der Waals surface area contributed by atoms with E-state index in [0.717, 1.165) is 41.8 Å². The lowest BCUT2D eigenvalue weighted by atomic mass is 10.00. The molecule has 1 aromatic heterocycles. The molecule has 2 heterocycles. The summed E-state index contributed by atoms with van der Waals surface area (Å²) in [4.78, 5) is 15.1. The summed E-state index contributed by atoms with van der Waals surface area (Å²) in [5.41, 5.74) is 2.63. The lowest BCUT2D eigenvalue weighted by molar-refractivity contribution is -0.384. The minimum Gasteiger partial charge on any atom is -0.378 e. The van der Waals surface area contributed by atoms with Crippen molar-refractivity contribution in [2.24, 2.45) is 0 Å². The van der Waals surface area contributed by atoms with Gasteiger partial charge in [0.15, 0.2) is 0 Å². The van der Waals surface area contributed by atoms with Gasteiger partial charge in [0.1, 0.15) is 0 Å². The van der Waals surface area contributed by atoms with Crippen LogP contribution in [-0.2, 0) is 0 Å². The average molecular weight is 286 g/mol.